The van der Waals surface area contributed by atoms with Crippen molar-refractivity contribution in [1.29, 1.82) is 0 Å². The molecule has 0 radical (unpaired) electrons. The fourth-order valence-electron chi connectivity index (χ4n) is 4.40. The van der Waals surface area contributed by atoms with Crippen LogP contribution in [-0.2, 0) is 20.8 Å². The number of Topliss-reactive ketones (excluding diaryl/α,β-unsaturated/α-hetero) is 2. The van der Waals surface area contributed by atoms with Gasteiger partial charge in [-0.15, -0.1) is 0 Å². The summed E-state index contributed by atoms with van der Waals surface area (Å²) in [5.41, 5.74) is 5.16. The minimum Gasteiger partial charge on any atom is -0.358 e. The molecule has 2 aromatic carbocycles. The van der Waals surface area contributed by atoms with Crippen molar-refractivity contribution >= 4 is 28.4 Å². The van der Waals surface area contributed by atoms with Crippen molar-refractivity contribution in [3.8, 4) is 0 Å². The third-order valence-corrected chi connectivity index (χ3v) is 5.89. The SMILES string of the molecule is CC(=O)C1C(=O)C(=O)N(CCc2c(C)[nH]c3ccccc23)C1c1ccc(C)cc1. The van der Waals surface area contributed by atoms with Crippen LogP contribution in [0, 0.1) is 19.8 Å². The second-order valence-corrected chi connectivity index (χ2v) is 7.83. The lowest BCUT2D eigenvalue weighted by atomic mass is 9.89. The number of H-pyrrole nitrogens is 1. The predicted octanol–water partition coefficient (Wildman–Crippen LogP) is 3.69. The van der Waals surface area contributed by atoms with E-state index in [1.54, 1.807) is 4.90 Å². The summed E-state index contributed by atoms with van der Waals surface area (Å²) in [5.74, 6) is -2.36. The minimum absolute atomic E-state index is 0.264. The van der Waals surface area contributed by atoms with E-state index in [0.717, 1.165) is 33.3 Å². The van der Waals surface area contributed by atoms with Gasteiger partial charge in [-0.2, -0.15) is 0 Å². The van der Waals surface area contributed by atoms with Gasteiger partial charge in [-0.3, -0.25) is 14.4 Å². The van der Waals surface area contributed by atoms with E-state index in [-0.39, 0.29) is 5.78 Å². The summed E-state index contributed by atoms with van der Waals surface area (Å²) in [7, 11) is 0. The Bertz CT molecular complexity index is 1110. The molecule has 3 aromatic rings. The monoisotopic (exact) mass is 388 g/mol. The first-order valence-corrected chi connectivity index (χ1v) is 9.86. The Morgan fingerprint density at radius 1 is 1.03 bits per heavy atom. The summed E-state index contributed by atoms with van der Waals surface area (Å²) in [6.45, 7) is 5.77. The van der Waals surface area contributed by atoms with Crippen LogP contribution >= 0.6 is 0 Å². The van der Waals surface area contributed by atoms with E-state index in [1.807, 2.05) is 56.3 Å². The third kappa shape index (κ3) is 3.27. The highest BCUT2D eigenvalue weighted by molar-refractivity contribution is 6.42. The predicted molar refractivity (Wildman–Crippen MR) is 112 cm³/mol. The normalized spacial score (nSPS) is 19.3. The van der Waals surface area contributed by atoms with Gasteiger partial charge in [-0.25, -0.2) is 0 Å². The van der Waals surface area contributed by atoms with Crippen LogP contribution in [0.1, 0.15) is 35.3 Å². The molecule has 1 aromatic heterocycles. The average molecular weight is 388 g/mol. The lowest BCUT2D eigenvalue weighted by molar-refractivity contribution is -0.142. The first-order valence-electron chi connectivity index (χ1n) is 9.86. The van der Waals surface area contributed by atoms with Crippen molar-refractivity contribution in [3.05, 3.63) is 70.9 Å². The van der Waals surface area contributed by atoms with Crippen LogP contribution in [0.2, 0.25) is 0 Å². The summed E-state index contributed by atoms with van der Waals surface area (Å²) >= 11 is 0. The zero-order chi connectivity index (χ0) is 20.7. The summed E-state index contributed by atoms with van der Waals surface area (Å²) in [4.78, 5) is 42.6. The number of hydrogen-bond acceptors (Lipinski definition) is 3. The third-order valence-electron chi connectivity index (χ3n) is 5.89. The molecular weight excluding hydrogens is 364 g/mol. The van der Waals surface area contributed by atoms with E-state index in [9.17, 15) is 14.4 Å². The number of ketones is 2. The molecule has 1 saturated heterocycles. The van der Waals surface area contributed by atoms with Gasteiger partial charge in [0.1, 0.15) is 11.7 Å². The molecule has 0 saturated carbocycles. The summed E-state index contributed by atoms with van der Waals surface area (Å²) < 4.78 is 0. The molecule has 4 rings (SSSR count). The van der Waals surface area contributed by atoms with Crippen molar-refractivity contribution in [2.75, 3.05) is 6.54 Å². The van der Waals surface area contributed by atoms with E-state index in [2.05, 4.69) is 11.1 Å². The van der Waals surface area contributed by atoms with Crippen molar-refractivity contribution in [3.63, 3.8) is 0 Å². The number of nitrogens with one attached hydrogen (secondary N) is 1. The first kappa shape index (κ1) is 19.1. The molecule has 148 valence electrons. The Kier molecular flexibility index (Phi) is 4.82. The summed E-state index contributed by atoms with van der Waals surface area (Å²) in [6.07, 6.45) is 0.613. The number of aromatic nitrogens is 1. The summed E-state index contributed by atoms with van der Waals surface area (Å²) in [6, 6.07) is 15.2. The van der Waals surface area contributed by atoms with Gasteiger partial charge in [-0.1, -0.05) is 48.0 Å². The number of fused-ring (bicyclic) bond motifs is 1. The molecule has 0 bridgehead atoms. The number of carbonyl (C=O) groups excluding carboxylic acids is 3. The fraction of sp³-hybridized carbons (Fsp3) is 0.292. The van der Waals surface area contributed by atoms with Gasteiger partial charge < -0.3 is 9.88 Å². The second kappa shape index (κ2) is 7.32. The number of para-hydroxylation sites is 1. The maximum atomic E-state index is 12.8. The van der Waals surface area contributed by atoms with Crippen LogP contribution in [-0.4, -0.2) is 33.9 Å². The molecule has 2 heterocycles. The maximum absolute atomic E-state index is 12.8. The zero-order valence-electron chi connectivity index (χ0n) is 16.9. The second-order valence-electron chi connectivity index (χ2n) is 7.83. The average Bonchev–Trinajstić information content (AvgIpc) is 3.14. The highest BCUT2D eigenvalue weighted by Crippen LogP contribution is 2.37. The summed E-state index contributed by atoms with van der Waals surface area (Å²) in [5, 5.41) is 1.12. The number of rotatable bonds is 5. The number of aromatic amines is 1. The molecule has 1 aliphatic rings. The molecule has 1 amide bonds. The van der Waals surface area contributed by atoms with E-state index in [4.69, 9.17) is 0 Å². The van der Waals surface area contributed by atoms with Crippen LogP contribution in [0.3, 0.4) is 0 Å². The number of carbonyl (C=O) groups is 3. The Morgan fingerprint density at radius 3 is 2.41 bits per heavy atom. The minimum atomic E-state index is -0.936. The van der Waals surface area contributed by atoms with Crippen molar-refractivity contribution < 1.29 is 14.4 Å². The first-order chi connectivity index (χ1) is 13.9. The van der Waals surface area contributed by atoms with Gasteiger partial charge in [0, 0.05) is 23.1 Å². The topological polar surface area (TPSA) is 70.2 Å². The number of hydrogen-bond donors (Lipinski definition) is 1. The molecule has 1 aliphatic heterocycles. The Balaban J connectivity index is 1.69. The van der Waals surface area contributed by atoms with Crippen molar-refractivity contribution in [1.82, 2.24) is 9.88 Å². The molecule has 1 N–H and O–H groups in total. The molecule has 5 nitrogen and oxygen atoms in total. The lowest BCUT2D eigenvalue weighted by Gasteiger charge is -2.27. The maximum Gasteiger partial charge on any atom is 0.291 e. The van der Waals surface area contributed by atoms with Gasteiger partial charge in [0.25, 0.3) is 5.91 Å². The molecule has 0 spiro atoms. The van der Waals surface area contributed by atoms with E-state index >= 15 is 0 Å². The number of amides is 1. The largest absolute Gasteiger partial charge is 0.358 e. The molecular formula is C24H24N2O3. The van der Waals surface area contributed by atoms with Crippen LogP contribution in [0.4, 0.5) is 0 Å². The van der Waals surface area contributed by atoms with Crippen LogP contribution in [0.15, 0.2) is 48.5 Å². The van der Waals surface area contributed by atoms with Gasteiger partial charge in [0.2, 0.25) is 5.78 Å². The number of likely N-dealkylation sites (tertiary alicyclic amines) is 1. The lowest BCUT2D eigenvalue weighted by Crippen LogP contribution is -2.32. The number of nitrogens with zero attached hydrogens (tertiary/aromatic N) is 1. The Morgan fingerprint density at radius 2 is 1.72 bits per heavy atom. The van der Waals surface area contributed by atoms with Gasteiger partial charge in [0.15, 0.2) is 0 Å². The highest BCUT2D eigenvalue weighted by Gasteiger charge is 2.49. The molecule has 2 atom stereocenters. The molecule has 29 heavy (non-hydrogen) atoms. The number of benzene rings is 2. The molecule has 2 unspecified atom stereocenters. The molecule has 1 fully saturated rings. The van der Waals surface area contributed by atoms with Crippen molar-refractivity contribution in [2.45, 2.75) is 33.2 Å². The van der Waals surface area contributed by atoms with Gasteiger partial charge in [-0.05, 0) is 44.4 Å². The van der Waals surface area contributed by atoms with Crippen LogP contribution in [0.5, 0.6) is 0 Å². The van der Waals surface area contributed by atoms with E-state index < -0.39 is 23.7 Å². The van der Waals surface area contributed by atoms with E-state index in [1.165, 1.54) is 6.92 Å². The van der Waals surface area contributed by atoms with Crippen molar-refractivity contribution in [2.24, 2.45) is 5.92 Å². The smallest absolute Gasteiger partial charge is 0.291 e. The Labute approximate surface area is 169 Å². The van der Waals surface area contributed by atoms with Crippen LogP contribution < -0.4 is 0 Å². The fourth-order valence-corrected chi connectivity index (χ4v) is 4.40. The highest BCUT2D eigenvalue weighted by atomic mass is 16.2. The van der Waals surface area contributed by atoms with E-state index in [0.29, 0.717) is 13.0 Å². The van der Waals surface area contributed by atoms with Crippen LogP contribution in [0.25, 0.3) is 10.9 Å². The number of aryl methyl sites for hydroxylation is 2. The van der Waals surface area contributed by atoms with Gasteiger partial charge in [0.05, 0.1) is 6.04 Å². The standard InChI is InChI=1S/C24H24N2O3/c1-14-8-10-17(11-9-14)22-21(16(3)27)23(28)24(29)26(22)13-12-18-15(2)25-20-7-5-4-6-19(18)20/h4-11,21-22,25H,12-13H2,1-3H3. The molecule has 0 aliphatic carbocycles. The van der Waals surface area contributed by atoms with Gasteiger partial charge >= 0.3 is 0 Å². The molecule has 5 heteroatoms. The quantitative estimate of drug-likeness (QED) is 0.535. The Hall–Kier alpha value is -3.21. The zero-order valence-corrected chi connectivity index (χ0v) is 16.9.